The van der Waals surface area contributed by atoms with Crippen molar-refractivity contribution in [3.05, 3.63) is 88.0 Å². The Kier molecular flexibility index (Phi) is 4.97. The summed E-state index contributed by atoms with van der Waals surface area (Å²) < 4.78 is 25.8. The predicted octanol–water partition coefficient (Wildman–Crippen LogP) is 4.41. The van der Waals surface area contributed by atoms with Crippen LogP contribution >= 0.6 is 0 Å². The molecule has 0 amide bonds. The molecule has 6 aromatic rings. The van der Waals surface area contributed by atoms with Crippen LogP contribution in [-0.2, 0) is 19.5 Å². The van der Waals surface area contributed by atoms with Crippen molar-refractivity contribution < 1.29 is 18.9 Å². The normalized spacial score (nSPS) is 13.6. The zero-order valence-corrected chi connectivity index (χ0v) is 21.6. The molecular formula is C30H23N5O5. The zero-order valence-electron chi connectivity index (χ0n) is 21.6. The Morgan fingerprint density at radius 1 is 0.700 bits per heavy atom. The third-order valence-electron chi connectivity index (χ3n) is 7.40. The molecule has 0 radical (unpaired) electrons. The Balaban J connectivity index is 1.35. The van der Waals surface area contributed by atoms with Crippen molar-refractivity contribution in [2.45, 2.75) is 26.4 Å². The van der Waals surface area contributed by atoms with Crippen molar-refractivity contribution in [1.29, 1.82) is 0 Å². The number of ether oxygens (including phenoxy) is 4. The van der Waals surface area contributed by atoms with Gasteiger partial charge in [-0.05, 0) is 47.5 Å². The molecule has 0 unspecified atom stereocenters. The van der Waals surface area contributed by atoms with E-state index in [0.717, 1.165) is 27.9 Å². The number of hydrogen-bond donors (Lipinski definition) is 0. The van der Waals surface area contributed by atoms with E-state index in [2.05, 4.69) is 0 Å². The second-order valence-electron chi connectivity index (χ2n) is 9.82. The van der Waals surface area contributed by atoms with Crippen molar-refractivity contribution in [2.24, 2.45) is 0 Å². The van der Waals surface area contributed by atoms with Crippen LogP contribution in [0, 0.1) is 0 Å². The Hall–Kier alpha value is -5.12. The molecule has 0 fully saturated rings. The Labute approximate surface area is 227 Å². The van der Waals surface area contributed by atoms with Gasteiger partial charge in [0.25, 0.3) is 5.56 Å². The van der Waals surface area contributed by atoms with E-state index in [4.69, 9.17) is 33.9 Å². The minimum Gasteiger partial charge on any atom is -0.454 e. The van der Waals surface area contributed by atoms with E-state index in [1.54, 1.807) is 4.57 Å². The van der Waals surface area contributed by atoms with Crippen LogP contribution in [0.5, 0.6) is 23.0 Å². The monoisotopic (exact) mass is 533 g/mol. The molecule has 5 heterocycles. The minimum atomic E-state index is -0.154. The Bertz CT molecular complexity index is 2050. The smallest absolute Gasteiger partial charge is 0.265 e. The van der Waals surface area contributed by atoms with Gasteiger partial charge in [0.15, 0.2) is 34.3 Å². The molecule has 0 atom stereocenters. The summed E-state index contributed by atoms with van der Waals surface area (Å²) in [6, 6.07) is 19.2. The molecular weight excluding hydrogens is 510 g/mol. The average molecular weight is 534 g/mol. The highest BCUT2D eigenvalue weighted by Crippen LogP contribution is 2.35. The lowest BCUT2D eigenvalue weighted by atomic mass is 10.2. The lowest BCUT2D eigenvalue weighted by Gasteiger charge is -2.13. The fourth-order valence-electron chi connectivity index (χ4n) is 5.46. The molecule has 198 valence electrons. The van der Waals surface area contributed by atoms with Gasteiger partial charge >= 0.3 is 0 Å². The molecule has 10 heteroatoms. The van der Waals surface area contributed by atoms with Gasteiger partial charge in [0.05, 0.1) is 24.1 Å². The van der Waals surface area contributed by atoms with E-state index in [1.165, 1.54) is 0 Å². The number of para-hydroxylation sites is 2. The molecule has 0 saturated heterocycles. The molecule has 40 heavy (non-hydrogen) atoms. The van der Waals surface area contributed by atoms with Crippen LogP contribution in [-0.4, -0.2) is 37.7 Å². The topological polar surface area (TPSA) is 103 Å². The lowest BCUT2D eigenvalue weighted by molar-refractivity contribution is 0.173. The molecule has 0 saturated carbocycles. The first-order valence-corrected chi connectivity index (χ1v) is 13.1. The van der Waals surface area contributed by atoms with Gasteiger partial charge in [0.2, 0.25) is 13.6 Å². The summed E-state index contributed by atoms with van der Waals surface area (Å²) in [6.45, 7) is 3.18. The number of rotatable bonds is 5. The number of fused-ring (bicyclic) bond motifs is 6. The van der Waals surface area contributed by atoms with E-state index < -0.39 is 0 Å². The van der Waals surface area contributed by atoms with E-state index >= 15 is 0 Å². The van der Waals surface area contributed by atoms with E-state index in [1.807, 2.05) is 72.2 Å². The van der Waals surface area contributed by atoms with Crippen LogP contribution in [0.15, 0.2) is 65.5 Å². The molecule has 3 aromatic heterocycles. The number of benzene rings is 3. The van der Waals surface area contributed by atoms with Gasteiger partial charge in [-0.2, -0.15) is 0 Å². The highest BCUT2D eigenvalue weighted by atomic mass is 16.7. The third-order valence-corrected chi connectivity index (χ3v) is 7.40. The first-order chi connectivity index (χ1) is 19.7. The van der Waals surface area contributed by atoms with Gasteiger partial charge in [0, 0.05) is 6.42 Å². The maximum Gasteiger partial charge on any atom is 0.265 e. The van der Waals surface area contributed by atoms with Crippen molar-refractivity contribution in [1.82, 2.24) is 24.1 Å². The molecule has 0 spiro atoms. The second kappa shape index (κ2) is 8.70. The molecule has 10 nitrogen and oxygen atoms in total. The fraction of sp³-hybridized carbons (Fsp3) is 0.200. The average Bonchev–Trinajstić information content (AvgIpc) is 3.71. The molecule has 0 bridgehead atoms. The van der Waals surface area contributed by atoms with Crippen LogP contribution in [0.2, 0.25) is 0 Å². The van der Waals surface area contributed by atoms with Crippen molar-refractivity contribution in [2.75, 3.05) is 13.6 Å². The third kappa shape index (κ3) is 3.49. The lowest BCUT2D eigenvalue weighted by Crippen LogP contribution is -2.26. The summed E-state index contributed by atoms with van der Waals surface area (Å²) in [5.41, 5.74) is 4.92. The Morgan fingerprint density at radius 3 is 1.95 bits per heavy atom. The summed E-state index contributed by atoms with van der Waals surface area (Å²) in [5, 5.41) is 0.451. The molecule has 0 aliphatic carbocycles. The maximum atomic E-state index is 14.3. The van der Waals surface area contributed by atoms with Crippen molar-refractivity contribution in [3.63, 3.8) is 0 Å². The highest BCUT2D eigenvalue weighted by molar-refractivity contribution is 6.04. The number of aryl methyl sites for hydroxylation is 1. The first-order valence-electron chi connectivity index (χ1n) is 13.1. The summed E-state index contributed by atoms with van der Waals surface area (Å²) in [4.78, 5) is 29.2. The van der Waals surface area contributed by atoms with Crippen LogP contribution in [0.1, 0.15) is 23.9 Å². The van der Waals surface area contributed by atoms with E-state index in [-0.39, 0.29) is 19.1 Å². The SMILES string of the molecule is CCc1nc2c(c(=O)n1Cc1ccc3c(c1)OCO3)c1nc3ccccc3nc1n2Cc1ccc2c(c1)OCO2. The summed E-state index contributed by atoms with van der Waals surface area (Å²) >= 11 is 0. The van der Waals surface area contributed by atoms with Gasteiger partial charge in [0.1, 0.15) is 16.7 Å². The minimum absolute atomic E-state index is 0.154. The zero-order chi connectivity index (χ0) is 26.8. The van der Waals surface area contributed by atoms with Gasteiger partial charge in [-0.1, -0.05) is 31.2 Å². The fourth-order valence-corrected chi connectivity index (χ4v) is 5.46. The molecule has 8 rings (SSSR count). The number of nitrogens with zero attached hydrogens (tertiary/aromatic N) is 5. The van der Waals surface area contributed by atoms with Crippen LogP contribution in [0.25, 0.3) is 33.2 Å². The van der Waals surface area contributed by atoms with E-state index in [9.17, 15) is 4.79 Å². The molecule has 2 aliphatic rings. The standard InChI is InChI=1S/C30H23N5O5/c1-2-25-33-28-26(30(36)34(25)13-17-7-9-21-23(11-17)39-15-37-21)27-29(32-20-6-4-3-5-19(20)31-27)35(28)14-18-8-10-22-24(12-18)40-16-38-22/h3-12H,2,13-16H2,1H3. The molecule has 0 N–H and O–H groups in total. The maximum absolute atomic E-state index is 14.3. The van der Waals surface area contributed by atoms with Gasteiger partial charge in [-0.25, -0.2) is 15.0 Å². The molecule has 2 aliphatic heterocycles. The number of hydrogen-bond acceptors (Lipinski definition) is 8. The highest BCUT2D eigenvalue weighted by Gasteiger charge is 2.23. The summed E-state index contributed by atoms with van der Waals surface area (Å²) in [6.07, 6.45) is 0.574. The molecule has 3 aromatic carbocycles. The van der Waals surface area contributed by atoms with Crippen LogP contribution < -0.4 is 24.5 Å². The van der Waals surface area contributed by atoms with Gasteiger partial charge in [-0.15, -0.1) is 0 Å². The van der Waals surface area contributed by atoms with Crippen molar-refractivity contribution >= 4 is 33.2 Å². The summed E-state index contributed by atoms with van der Waals surface area (Å²) in [5.74, 6) is 3.47. The van der Waals surface area contributed by atoms with Crippen molar-refractivity contribution in [3.8, 4) is 23.0 Å². The quantitative estimate of drug-likeness (QED) is 0.321. The first kappa shape index (κ1) is 22.8. The van der Waals surface area contributed by atoms with Crippen LogP contribution in [0.3, 0.4) is 0 Å². The van der Waals surface area contributed by atoms with Crippen LogP contribution in [0.4, 0.5) is 0 Å². The Morgan fingerprint density at radius 2 is 1.30 bits per heavy atom. The van der Waals surface area contributed by atoms with Gasteiger partial charge in [-0.3, -0.25) is 9.36 Å². The number of aromatic nitrogens is 5. The summed E-state index contributed by atoms with van der Waals surface area (Å²) in [7, 11) is 0. The van der Waals surface area contributed by atoms with Gasteiger partial charge < -0.3 is 23.5 Å². The predicted molar refractivity (Wildman–Crippen MR) is 147 cm³/mol. The largest absolute Gasteiger partial charge is 0.454 e. The second-order valence-corrected chi connectivity index (χ2v) is 9.82. The van der Waals surface area contributed by atoms with E-state index in [0.29, 0.717) is 64.8 Å².